The molecule has 6 nitrogen and oxygen atoms in total. The number of aliphatic hydroxyl groups is 1. The number of hydrogen-bond donors (Lipinski definition) is 4. The molecule has 0 radical (unpaired) electrons. The Morgan fingerprint density at radius 3 is 2.58 bits per heavy atom. The standard InChI is InChI=1S/C12H21N3O3S/c1-2-9(3-4-16)8-15-11-5-10(13)6-12(7-11)19(14,17)18/h5-7,9,15-16H,2-4,8,13H2,1H3,(H2,14,17,18). The molecule has 0 bridgehead atoms. The van der Waals surface area contributed by atoms with Crippen molar-refractivity contribution in [3.63, 3.8) is 0 Å². The number of nitrogens with one attached hydrogen (secondary N) is 1. The molecule has 1 atom stereocenters. The molecule has 0 heterocycles. The maximum atomic E-state index is 11.3. The van der Waals surface area contributed by atoms with Gasteiger partial charge in [-0.05, 0) is 30.5 Å². The molecule has 6 N–H and O–H groups in total. The summed E-state index contributed by atoms with van der Waals surface area (Å²) in [5, 5.41) is 17.1. The van der Waals surface area contributed by atoms with Crippen LogP contribution in [0, 0.1) is 5.92 Å². The second kappa shape index (κ2) is 6.74. The van der Waals surface area contributed by atoms with Gasteiger partial charge in [0.2, 0.25) is 10.0 Å². The van der Waals surface area contributed by atoms with Crippen LogP contribution < -0.4 is 16.2 Å². The molecular formula is C12H21N3O3S. The quantitative estimate of drug-likeness (QED) is 0.551. The van der Waals surface area contributed by atoms with Crippen molar-refractivity contribution in [2.45, 2.75) is 24.7 Å². The molecule has 1 aromatic rings. The van der Waals surface area contributed by atoms with Crippen LogP contribution in [-0.4, -0.2) is 26.7 Å². The number of primary sulfonamides is 1. The zero-order valence-electron chi connectivity index (χ0n) is 11.0. The Morgan fingerprint density at radius 1 is 1.37 bits per heavy atom. The Balaban J connectivity index is 2.82. The number of benzene rings is 1. The van der Waals surface area contributed by atoms with Crippen molar-refractivity contribution in [3.8, 4) is 0 Å². The highest BCUT2D eigenvalue weighted by atomic mass is 32.2. The lowest BCUT2D eigenvalue weighted by Crippen LogP contribution is -2.16. The van der Waals surface area contributed by atoms with Crippen LogP contribution in [0.3, 0.4) is 0 Å². The summed E-state index contributed by atoms with van der Waals surface area (Å²) in [7, 11) is -3.76. The van der Waals surface area contributed by atoms with E-state index in [1.54, 1.807) is 6.07 Å². The first kappa shape index (κ1) is 15.7. The number of rotatable bonds is 7. The van der Waals surface area contributed by atoms with Gasteiger partial charge in [-0.3, -0.25) is 0 Å². The summed E-state index contributed by atoms with van der Waals surface area (Å²) < 4.78 is 22.6. The van der Waals surface area contributed by atoms with Gasteiger partial charge in [0.25, 0.3) is 0 Å². The normalized spacial score (nSPS) is 13.2. The zero-order chi connectivity index (χ0) is 14.5. The summed E-state index contributed by atoms with van der Waals surface area (Å²) in [6.45, 7) is 2.82. The van der Waals surface area contributed by atoms with E-state index < -0.39 is 10.0 Å². The average Bonchev–Trinajstić information content (AvgIpc) is 2.32. The lowest BCUT2D eigenvalue weighted by Gasteiger charge is -2.16. The molecule has 0 spiro atoms. The van der Waals surface area contributed by atoms with Crippen LogP contribution in [0.1, 0.15) is 19.8 Å². The van der Waals surface area contributed by atoms with E-state index in [2.05, 4.69) is 5.32 Å². The Hall–Kier alpha value is -1.31. The number of anilines is 2. The van der Waals surface area contributed by atoms with Crippen molar-refractivity contribution in [2.75, 3.05) is 24.2 Å². The van der Waals surface area contributed by atoms with Crippen molar-refractivity contribution in [2.24, 2.45) is 11.1 Å². The van der Waals surface area contributed by atoms with E-state index in [4.69, 9.17) is 16.0 Å². The predicted octanol–water partition coefficient (Wildman–Crippen LogP) is 0.737. The molecule has 1 aromatic carbocycles. The Labute approximate surface area is 113 Å². The molecule has 19 heavy (non-hydrogen) atoms. The summed E-state index contributed by atoms with van der Waals surface area (Å²) >= 11 is 0. The van der Waals surface area contributed by atoms with E-state index in [1.807, 2.05) is 6.92 Å². The van der Waals surface area contributed by atoms with E-state index in [1.165, 1.54) is 12.1 Å². The van der Waals surface area contributed by atoms with Crippen molar-refractivity contribution in [1.82, 2.24) is 0 Å². The SMILES string of the molecule is CCC(CCO)CNc1cc(N)cc(S(N)(=O)=O)c1. The minimum Gasteiger partial charge on any atom is -0.399 e. The highest BCUT2D eigenvalue weighted by molar-refractivity contribution is 7.89. The number of aliphatic hydroxyl groups excluding tert-OH is 1. The minimum atomic E-state index is -3.76. The number of hydrogen-bond acceptors (Lipinski definition) is 5. The van der Waals surface area contributed by atoms with Gasteiger partial charge in [-0.1, -0.05) is 13.3 Å². The number of nitrogens with two attached hydrogens (primary N) is 2. The summed E-state index contributed by atoms with van der Waals surface area (Å²) in [5.41, 5.74) is 6.60. The van der Waals surface area contributed by atoms with Gasteiger partial charge in [0, 0.05) is 24.5 Å². The molecule has 0 amide bonds. The molecule has 0 aliphatic carbocycles. The van der Waals surface area contributed by atoms with Gasteiger partial charge in [-0.25, -0.2) is 13.6 Å². The molecule has 1 unspecified atom stereocenters. The van der Waals surface area contributed by atoms with Crippen molar-refractivity contribution < 1.29 is 13.5 Å². The molecule has 0 aliphatic heterocycles. The zero-order valence-corrected chi connectivity index (χ0v) is 11.8. The molecule has 7 heteroatoms. The van der Waals surface area contributed by atoms with Gasteiger partial charge in [0.05, 0.1) is 4.90 Å². The van der Waals surface area contributed by atoms with Gasteiger partial charge >= 0.3 is 0 Å². The first-order valence-electron chi connectivity index (χ1n) is 6.15. The highest BCUT2D eigenvalue weighted by Crippen LogP contribution is 2.20. The molecule has 1 rings (SSSR count). The molecule has 108 valence electrons. The van der Waals surface area contributed by atoms with Gasteiger partial charge in [0.15, 0.2) is 0 Å². The van der Waals surface area contributed by atoms with E-state index in [9.17, 15) is 8.42 Å². The van der Waals surface area contributed by atoms with Gasteiger partial charge in [0.1, 0.15) is 0 Å². The topological polar surface area (TPSA) is 118 Å². The van der Waals surface area contributed by atoms with Crippen LogP contribution in [-0.2, 0) is 10.0 Å². The number of nitrogen functional groups attached to an aromatic ring is 1. The van der Waals surface area contributed by atoms with Crippen LogP contribution in [0.5, 0.6) is 0 Å². The Morgan fingerprint density at radius 2 is 2.05 bits per heavy atom. The van der Waals surface area contributed by atoms with Crippen LogP contribution in [0.2, 0.25) is 0 Å². The highest BCUT2D eigenvalue weighted by Gasteiger charge is 2.11. The van der Waals surface area contributed by atoms with Crippen LogP contribution in [0.4, 0.5) is 11.4 Å². The fraction of sp³-hybridized carbons (Fsp3) is 0.500. The summed E-state index contributed by atoms with van der Waals surface area (Å²) in [6, 6.07) is 4.43. The Bertz CT molecular complexity index is 517. The minimum absolute atomic E-state index is 0.00907. The molecule has 0 saturated carbocycles. The van der Waals surface area contributed by atoms with E-state index in [-0.39, 0.29) is 11.5 Å². The smallest absolute Gasteiger partial charge is 0.238 e. The van der Waals surface area contributed by atoms with Crippen molar-refractivity contribution in [3.05, 3.63) is 18.2 Å². The first-order valence-corrected chi connectivity index (χ1v) is 7.69. The molecule has 0 aromatic heterocycles. The monoisotopic (exact) mass is 287 g/mol. The fourth-order valence-corrected chi connectivity index (χ4v) is 2.38. The Kier molecular flexibility index (Phi) is 5.59. The molecule has 0 saturated heterocycles. The van der Waals surface area contributed by atoms with Crippen molar-refractivity contribution >= 4 is 21.4 Å². The first-order chi connectivity index (χ1) is 8.86. The van der Waals surface area contributed by atoms with Crippen molar-refractivity contribution in [1.29, 1.82) is 0 Å². The third-order valence-electron chi connectivity index (χ3n) is 2.97. The van der Waals surface area contributed by atoms with E-state index in [0.29, 0.717) is 30.3 Å². The van der Waals surface area contributed by atoms with Crippen LogP contribution >= 0.6 is 0 Å². The van der Waals surface area contributed by atoms with E-state index >= 15 is 0 Å². The number of sulfonamides is 1. The fourth-order valence-electron chi connectivity index (χ4n) is 1.78. The molecule has 0 fully saturated rings. The maximum Gasteiger partial charge on any atom is 0.238 e. The maximum absolute atomic E-state index is 11.3. The summed E-state index contributed by atoms with van der Waals surface area (Å²) in [4.78, 5) is -0.00907. The van der Waals surface area contributed by atoms with Gasteiger partial charge in [-0.15, -0.1) is 0 Å². The average molecular weight is 287 g/mol. The summed E-state index contributed by atoms with van der Waals surface area (Å²) in [6.07, 6.45) is 1.63. The van der Waals surface area contributed by atoms with Crippen LogP contribution in [0.15, 0.2) is 23.1 Å². The third-order valence-corrected chi connectivity index (χ3v) is 3.86. The summed E-state index contributed by atoms with van der Waals surface area (Å²) in [5.74, 6) is 0.323. The third kappa shape index (κ3) is 5.06. The van der Waals surface area contributed by atoms with Gasteiger partial charge in [-0.2, -0.15) is 0 Å². The lowest BCUT2D eigenvalue weighted by atomic mass is 10.0. The van der Waals surface area contributed by atoms with E-state index in [0.717, 1.165) is 6.42 Å². The predicted molar refractivity (Wildman–Crippen MR) is 76.2 cm³/mol. The van der Waals surface area contributed by atoms with Gasteiger partial charge < -0.3 is 16.2 Å². The lowest BCUT2D eigenvalue weighted by molar-refractivity contribution is 0.258. The van der Waals surface area contributed by atoms with Crippen LogP contribution in [0.25, 0.3) is 0 Å². The second-order valence-electron chi connectivity index (χ2n) is 4.50. The molecule has 0 aliphatic rings. The largest absolute Gasteiger partial charge is 0.399 e. The second-order valence-corrected chi connectivity index (χ2v) is 6.06. The molecular weight excluding hydrogens is 266 g/mol.